The highest BCUT2D eigenvalue weighted by molar-refractivity contribution is 5.92. The number of hydrogen-bond acceptors (Lipinski definition) is 5. The molecule has 0 aliphatic heterocycles. The van der Waals surface area contributed by atoms with Gasteiger partial charge in [-0.15, -0.1) is 0 Å². The first kappa shape index (κ1) is 19.5. The first-order valence-electron chi connectivity index (χ1n) is 8.48. The molecule has 0 fully saturated rings. The lowest BCUT2D eigenvalue weighted by molar-refractivity contribution is -0.149. The topological polar surface area (TPSA) is 61.8 Å². The summed E-state index contributed by atoms with van der Waals surface area (Å²) < 4.78 is 15.1. The van der Waals surface area contributed by atoms with Crippen LogP contribution in [0.3, 0.4) is 0 Å². The largest absolute Gasteiger partial charge is 0.497 e. The highest BCUT2D eigenvalue weighted by Gasteiger charge is 2.23. The van der Waals surface area contributed by atoms with Gasteiger partial charge < -0.3 is 14.2 Å². The molecule has 0 atom stereocenters. The number of hydrogen-bond donors (Lipinski definition) is 0. The van der Waals surface area contributed by atoms with Crippen LogP contribution in [0.5, 0.6) is 11.5 Å². The first-order valence-corrected chi connectivity index (χ1v) is 8.48. The molecule has 5 nitrogen and oxygen atoms in total. The maximum atomic E-state index is 11.7. The van der Waals surface area contributed by atoms with Crippen LogP contribution in [-0.4, -0.2) is 25.7 Å². The Morgan fingerprint density at radius 3 is 1.81 bits per heavy atom. The summed E-state index contributed by atoms with van der Waals surface area (Å²) in [5, 5.41) is 0. The molecule has 0 amide bonds. The molecule has 0 heterocycles. The molecule has 0 N–H and O–H groups in total. The van der Waals surface area contributed by atoms with E-state index in [1.54, 1.807) is 26.2 Å². The number of benzene rings is 2. The zero-order chi connectivity index (χ0) is 19.2. The van der Waals surface area contributed by atoms with Gasteiger partial charge in [0.15, 0.2) is 0 Å². The van der Waals surface area contributed by atoms with Crippen molar-refractivity contribution in [1.82, 2.24) is 0 Å². The van der Waals surface area contributed by atoms with E-state index in [1.807, 2.05) is 36.4 Å². The van der Waals surface area contributed by atoms with Crippen molar-refractivity contribution in [2.75, 3.05) is 13.7 Å². The minimum atomic E-state index is -0.634. The molecular formula is C21H24O5. The molecule has 0 aromatic heterocycles. The van der Waals surface area contributed by atoms with Gasteiger partial charge in [-0.3, -0.25) is 9.59 Å². The standard InChI is InChI=1S/C21H24O5/c1-5-25-19(22)14-20(23)26-18-12-8-16(9-13-18)21(2,3)15-6-10-17(24-4)11-7-15/h6-13H,5,14H2,1-4H3. The lowest BCUT2D eigenvalue weighted by Gasteiger charge is -2.26. The molecule has 0 aliphatic rings. The van der Waals surface area contributed by atoms with Gasteiger partial charge in [-0.25, -0.2) is 0 Å². The second kappa shape index (κ2) is 8.52. The second-order valence-corrected chi connectivity index (χ2v) is 6.33. The van der Waals surface area contributed by atoms with E-state index in [9.17, 15) is 9.59 Å². The molecule has 2 rings (SSSR count). The molecule has 0 saturated carbocycles. The summed E-state index contributed by atoms with van der Waals surface area (Å²) in [5.74, 6) is -0.0117. The van der Waals surface area contributed by atoms with Gasteiger partial charge in [0, 0.05) is 5.41 Å². The van der Waals surface area contributed by atoms with E-state index < -0.39 is 18.4 Å². The normalized spacial score (nSPS) is 10.9. The third kappa shape index (κ3) is 4.85. The Morgan fingerprint density at radius 2 is 1.35 bits per heavy atom. The van der Waals surface area contributed by atoms with Crippen LogP contribution in [0.25, 0.3) is 0 Å². The number of ether oxygens (including phenoxy) is 3. The predicted molar refractivity (Wildman–Crippen MR) is 98.4 cm³/mol. The number of carbonyl (C=O) groups excluding carboxylic acids is 2. The number of esters is 2. The molecule has 138 valence electrons. The Bertz CT molecular complexity index is 745. The molecule has 0 bridgehead atoms. The van der Waals surface area contributed by atoms with Crippen molar-refractivity contribution in [3.63, 3.8) is 0 Å². The zero-order valence-corrected chi connectivity index (χ0v) is 15.6. The van der Waals surface area contributed by atoms with Gasteiger partial charge >= 0.3 is 11.9 Å². The van der Waals surface area contributed by atoms with Crippen molar-refractivity contribution in [2.24, 2.45) is 0 Å². The summed E-state index contributed by atoms with van der Waals surface area (Å²) in [6.07, 6.45) is -0.396. The molecule has 5 heteroatoms. The van der Waals surface area contributed by atoms with Gasteiger partial charge in [0.1, 0.15) is 17.9 Å². The van der Waals surface area contributed by atoms with Crippen LogP contribution in [0.4, 0.5) is 0 Å². The quantitative estimate of drug-likeness (QED) is 0.428. The average Bonchev–Trinajstić information content (AvgIpc) is 2.62. The van der Waals surface area contributed by atoms with E-state index >= 15 is 0 Å². The maximum absolute atomic E-state index is 11.7. The molecule has 2 aromatic carbocycles. The van der Waals surface area contributed by atoms with Crippen molar-refractivity contribution in [2.45, 2.75) is 32.6 Å². The Morgan fingerprint density at radius 1 is 0.846 bits per heavy atom. The smallest absolute Gasteiger partial charge is 0.322 e. The van der Waals surface area contributed by atoms with E-state index in [0.29, 0.717) is 5.75 Å². The van der Waals surface area contributed by atoms with Gasteiger partial charge in [0.2, 0.25) is 0 Å². The summed E-state index contributed by atoms with van der Waals surface area (Å²) >= 11 is 0. The molecule has 0 unspecified atom stereocenters. The molecule has 26 heavy (non-hydrogen) atoms. The van der Waals surface area contributed by atoms with Gasteiger partial charge in [0.05, 0.1) is 13.7 Å². The third-order valence-electron chi connectivity index (χ3n) is 4.21. The molecular weight excluding hydrogens is 332 g/mol. The van der Waals surface area contributed by atoms with E-state index in [2.05, 4.69) is 13.8 Å². The van der Waals surface area contributed by atoms with Crippen LogP contribution in [0, 0.1) is 0 Å². The monoisotopic (exact) mass is 356 g/mol. The summed E-state index contributed by atoms with van der Waals surface area (Å²) in [5.41, 5.74) is 2.00. The van der Waals surface area contributed by atoms with Crippen molar-refractivity contribution in [1.29, 1.82) is 0 Å². The predicted octanol–water partition coefficient (Wildman–Crippen LogP) is 3.88. The van der Waals surface area contributed by atoms with Crippen molar-refractivity contribution in [3.8, 4) is 11.5 Å². The summed E-state index contributed by atoms with van der Waals surface area (Å²) in [6.45, 7) is 6.17. The van der Waals surface area contributed by atoms with E-state index in [-0.39, 0.29) is 12.0 Å². The number of methoxy groups -OCH3 is 1. The second-order valence-electron chi connectivity index (χ2n) is 6.33. The zero-order valence-electron chi connectivity index (χ0n) is 15.6. The van der Waals surface area contributed by atoms with Crippen molar-refractivity contribution < 1.29 is 23.8 Å². The van der Waals surface area contributed by atoms with Crippen molar-refractivity contribution >= 4 is 11.9 Å². The van der Waals surface area contributed by atoms with Gasteiger partial charge in [-0.1, -0.05) is 38.1 Å². The Hall–Kier alpha value is -2.82. The Labute approximate surface area is 153 Å². The fraction of sp³-hybridized carbons (Fsp3) is 0.333. The minimum Gasteiger partial charge on any atom is -0.497 e. The van der Waals surface area contributed by atoms with Crippen LogP contribution in [-0.2, 0) is 19.7 Å². The van der Waals surface area contributed by atoms with Crippen LogP contribution < -0.4 is 9.47 Å². The molecule has 0 aliphatic carbocycles. The summed E-state index contributed by atoms with van der Waals surface area (Å²) in [4.78, 5) is 23.0. The molecule has 2 aromatic rings. The number of rotatable bonds is 7. The van der Waals surface area contributed by atoms with Gasteiger partial charge in [-0.05, 0) is 42.3 Å². The Kier molecular flexibility index (Phi) is 6.39. The highest BCUT2D eigenvalue weighted by Crippen LogP contribution is 2.33. The fourth-order valence-electron chi connectivity index (χ4n) is 2.61. The summed E-state index contributed by atoms with van der Waals surface area (Å²) in [7, 11) is 1.64. The SMILES string of the molecule is CCOC(=O)CC(=O)Oc1ccc(C(C)(C)c2ccc(OC)cc2)cc1. The average molecular weight is 356 g/mol. The molecule has 0 spiro atoms. The maximum Gasteiger partial charge on any atom is 0.322 e. The first-order chi connectivity index (χ1) is 12.4. The van der Waals surface area contributed by atoms with Gasteiger partial charge in [0.25, 0.3) is 0 Å². The molecule has 0 radical (unpaired) electrons. The van der Waals surface area contributed by atoms with E-state index in [1.165, 1.54) is 0 Å². The lowest BCUT2D eigenvalue weighted by Crippen LogP contribution is -2.19. The lowest BCUT2D eigenvalue weighted by atomic mass is 9.78. The highest BCUT2D eigenvalue weighted by atomic mass is 16.6. The summed E-state index contributed by atoms with van der Waals surface area (Å²) in [6, 6.07) is 15.2. The number of carbonyl (C=O) groups is 2. The third-order valence-corrected chi connectivity index (χ3v) is 4.21. The Balaban J connectivity index is 2.07. The van der Waals surface area contributed by atoms with Crippen LogP contribution in [0.1, 0.15) is 38.3 Å². The van der Waals surface area contributed by atoms with E-state index in [4.69, 9.17) is 14.2 Å². The van der Waals surface area contributed by atoms with E-state index in [0.717, 1.165) is 16.9 Å². The van der Waals surface area contributed by atoms with Gasteiger partial charge in [-0.2, -0.15) is 0 Å². The van der Waals surface area contributed by atoms with Crippen LogP contribution in [0.15, 0.2) is 48.5 Å². The van der Waals surface area contributed by atoms with Crippen LogP contribution >= 0.6 is 0 Å². The fourth-order valence-corrected chi connectivity index (χ4v) is 2.61. The van der Waals surface area contributed by atoms with Crippen LogP contribution in [0.2, 0.25) is 0 Å². The minimum absolute atomic E-state index is 0.222. The van der Waals surface area contributed by atoms with Crippen molar-refractivity contribution in [3.05, 3.63) is 59.7 Å². The molecule has 0 saturated heterocycles.